The van der Waals surface area contributed by atoms with Crippen LogP contribution in [0.5, 0.6) is 17.4 Å². The number of aromatic amines is 1. The maximum Gasteiger partial charge on any atom is 0.270 e. The first-order valence-electron chi connectivity index (χ1n) is 12.8. The molecule has 0 spiro atoms. The third-order valence-electron chi connectivity index (χ3n) is 6.02. The van der Waals surface area contributed by atoms with E-state index in [0.717, 1.165) is 22.8 Å². The molecule has 0 saturated carbocycles. The number of carbonyl (C=O) groups excluding carboxylic acids is 1. The van der Waals surface area contributed by atoms with Crippen LogP contribution in [0.3, 0.4) is 0 Å². The van der Waals surface area contributed by atoms with Crippen molar-refractivity contribution in [3.63, 3.8) is 0 Å². The highest BCUT2D eigenvalue weighted by Crippen LogP contribution is 2.34. The summed E-state index contributed by atoms with van der Waals surface area (Å²) in [5.74, 6) is -1.34. The SMILES string of the molecule is Cc1cc(C)c(Oc2nc(-c3cccc(OCC(C)C)c3F)ccc2C(=O)NS(=O)(=O)c2ccc[nH]c2=O)c(C)c1. The van der Waals surface area contributed by atoms with Gasteiger partial charge < -0.3 is 14.5 Å². The number of amides is 1. The molecule has 4 rings (SSSR count). The number of aromatic nitrogens is 2. The molecule has 0 aliphatic carbocycles. The van der Waals surface area contributed by atoms with Crippen LogP contribution in [0.2, 0.25) is 0 Å². The van der Waals surface area contributed by atoms with Crippen LogP contribution in [-0.4, -0.2) is 30.9 Å². The summed E-state index contributed by atoms with van der Waals surface area (Å²) in [5, 5.41) is 0. The molecular weight excluding hydrogens is 549 g/mol. The Labute approximate surface area is 237 Å². The maximum absolute atomic E-state index is 15.5. The molecule has 2 N–H and O–H groups in total. The standard InChI is InChI=1S/C30H30FN3O6S/c1-17(2)16-39-24-9-6-8-21(26(24)31)23-12-11-22(28(35)34-41(37,38)25-10-7-13-32-29(25)36)30(33-23)40-27-19(4)14-18(3)15-20(27)5/h6-15,17H,16H2,1-5H3,(H,32,36)(H,34,35). The first kappa shape index (κ1) is 29.5. The molecule has 2 aromatic heterocycles. The second-order valence-electron chi connectivity index (χ2n) is 10.00. The van der Waals surface area contributed by atoms with Crippen LogP contribution >= 0.6 is 0 Å². The summed E-state index contributed by atoms with van der Waals surface area (Å²) >= 11 is 0. The molecule has 214 valence electrons. The van der Waals surface area contributed by atoms with Gasteiger partial charge in [0.05, 0.1) is 12.3 Å². The number of sulfonamides is 1. The highest BCUT2D eigenvalue weighted by Gasteiger charge is 2.26. The lowest BCUT2D eigenvalue weighted by Crippen LogP contribution is -2.34. The molecule has 0 radical (unpaired) electrons. The van der Waals surface area contributed by atoms with Gasteiger partial charge in [-0.25, -0.2) is 22.5 Å². The highest BCUT2D eigenvalue weighted by atomic mass is 32.2. The van der Waals surface area contributed by atoms with Crippen LogP contribution < -0.4 is 19.8 Å². The number of rotatable bonds is 9. The average molecular weight is 580 g/mol. The lowest BCUT2D eigenvalue weighted by Gasteiger charge is -2.16. The normalized spacial score (nSPS) is 11.4. The predicted octanol–water partition coefficient (Wildman–Crippen LogP) is 5.45. The van der Waals surface area contributed by atoms with Gasteiger partial charge in [-0.1, -0.05) is 37.6 Å². The Balaban J connectivity index is 1.80. The summed E-state index contributed by atoms with van der Waals surface area (Å²) in [5.41, 5.74) is 1.60. The van der Waals surface area contributed by atoms with E-state index in [2.05, 4.69) is 9.97 Å². The van der Waals surface area contributed by atoms with Crippen molar-refractivity contribution in [2.75, 3.05) is 6.61 Å². The minimum absolute atomic E-state index is 0.0479. The van der Waals surface area contributed by atoms with Gasteiger partial charge in [0.25, 0.3) is 21.5 Å². The molecule has 41 heavy (non-hydrogen) atoms. The first-order chi connectivity index (χ1) is 19.4. The third-order valence-corrected chi connectivity index (χ3v) is 7.37. The number of hydrogen-bond donors (Lipinski definition) is 2. The summed E-state index contributed by atoms with van der Waals surface area (Å²) in [7, 11) is -4.54. The van der Waals surface area contributed by atoms with Crippen molar-refractivity contribution in [1.29, 1.82) is 0 Å². The van der Waals surface area contributed by atoms with Crippen LogP contribution in [0.1, 0.15) is 40.9 Å². The smallest absolute Gasteiger partial charge is 0.270 e. The fourth-order valence-electron chi connectivity index (χ4n) is 4.19. The van der Waals surface area contributed by atoms with E-state index in [-0.39, 0.29) is 34.4 Å². The number of nitrogens with one attached hydrogen (secondary N) is 2. The van der Waals surface area contributed by atoms with Crippen molar-refractivity contribution in [2.24, 2.45) is 5.92 Å². The van der Waals surface area contributed by atoms with Crippen LogP contribution in [0.25, 0.3) is 11.3 Å². The molecule has 0 aliphatic rings. The van der Waals surface area contributed by atoms with Crippen molar-refractivity contribution in [3.05, 3.63) is 99.2 Å². The van der Waals surface area contributed by atoms with Crippen molar-refractivity contribution in [3.8, 4) is 28.6 Å². The van der Waals surface area contributed by atoms with Crippen molar-refractivity contribution < 1.29 is 27.1 Å². The Morgan fingerprint density at radius 2 is 1.76 bits per heavy atom. The largest absolute Gasteiger partial charge is 0.490 e. The highest BCUT2D eigenvalue weighted by molar-refractivity contribution is 7.90. The van der Waals surface area contributed by atoms with Gasteiger partial charge in [-0.3, -0.25) is 9.59 Å². The second-order valence-corrected chi connectivity index (χ2v) is 11.7. The molecule has 0 atom stereocenters. The topological polar surface area (TPSA) is 127 Å². The van der Waals surface area contributed by atoms with Gasteiger partial charge in [0.2, 0.25) is 5.88 Å². The summed E-state index contributed by atoms with van der Waals surface area (Å²) in [6.07, 6.45) is 1.27. The monoisotopic (exact) mass is 579 g/mol. The fourth-order valence-corrected chi connectivity index (χ4v) is 5.22. The Hall–Kier alpha value is -4.51. The van der Waals surface area contributed by atoms with Gasteiger partial charge >= 0.3 is 0 Å². The van der Waals surface area contributed by atoms with E-state index in [1.807, 2.05) is 51.5 Å². The van der Waals surface area contributed by atoms with Gasteiger partial charge in [-0.05, 0) is 74.2 Å². The van der Waals surface area contributed by atoms with Gasteiger partial charge in [-0.15, -0.1) is 0 Å². The maximum atomic E-state index is 15.5. The summed E-state index contributed by atoms with van der Waals surface area (Å²) in [4.78, 5) is 31.4. The fraction of sp³-hybridized carbons (Fsp3) is 0.233. The Kier molecular flexibility index (Phi) is 8.57. The molecule has 4 aromatic rings. The van der Waals surface area contributed by atoms with E-state index in [1.54, 1.807) is 6.07 Å². The summed E-state index contributed by atoms with van der Waals surface area (Å²) in [6, 6.07) is 13.5. The molecule has 0 fully saturated rings. The molecule has 0 aliphatic heterocycles. The van der Waals surface area contributed by atoms with Gasteiger partial charge in [0.15, 0.2) is 16.5 Å². The number of carbonyl (C=O) groups is 1. The van der Waals surface area contributed by atoms with Crippen LogP contribution in [0, 0.1) is 32.5 Å². The van der Waals surface area contributed by atoms with Gasteiger partial charge in [0, 0.05) is 11.8 Å². The van der Waals surface area contributed by atoms with E-state index >= 15 is 4.39 Å². The number of benzene rings is 2. The van der Waals surface area contributed by atoms with E-state index in [4.69, 9.17) is 9.47 Å². The zero-order chi connectivity index (χ0) is 29.9. The van der Waals surface area contributed by atoms with Crippen LogP contribution in [0.4, 0.5) is 4.39 Å². The summed E-state index contributed by atoms with van der Waals surface area (Å²) < 4.78 is 54.8. The Morgan fingerprint density at radius 1 is 1.05 bits per heavy atom. The van der Waals surface area contributed by atoms with Crippen LogP contribution in [0.15, 0.2) is 70.5 Å². The van der Waals surface area contributed by atoms with E-state index in [0.29, 0.717) is 12.4 Å². The molecular formula is C30H30FN3O6S. The Morgan fingerprint density at radius 3 is 2.41 bits per heavy atom. The lowest BCUT2D eigenvalue weighted by molar-refractivity contribution is 0.0978. The van der Waals surface area contributed by atoms with Crippen molar-refractivity contribution in [1.82, 2.24) is 14.7 Å². The predicted molar refractivity (Wildman–Crippen MR) is 152 cm³/mol. The zero-order valence-corrected chi connectivity index (χ0v) is 24.1. The quantitative estimate of drug-likeness (QED) is 0.270. The van der Waals surface area contributed by atoms with Gasteiger partial charge in [-0.2, -0.15) is 0 Å². The number of aryl methyl sites for hydroxylation is 3. The number of ether oxygens (including phenoxy) is 2. The molecule has 0 bridgehead atoms. The molecule has 0 saturated heterocycles. The second kappa shape index (κ2) is 11.9. The molecule has 11 heteroatoms. The number of H-pyrrole nitrogens is 1. The number of nitrogens with zero attached hydrogens (tertiary/aromatic N) is 1. The number of halogens is 1. The third kappa shape index (κ3) is 6.63. The van der Waals surface area contributed by atoms with Crippen LogP contribution in [-0.2, 0) is 10.0 Å². The number of pyridine rings is 2. The van der Waals surface area contributed by atoms with Crippen molar-refractivity contribution in [2.45, 2.75) is 39.5 Å². The zero-order valence-electron chi connectivity index (χ0n) is 23.2. The summed E-state index contributed by atoms with van der Waals surface area (Å²) in [6.45, 7) is 9.76. The Bertz CT molecular complexity index is 1760. The van der Waals surface area contributed by atoms with E-state index in [9.17, 15) is 18.0 Å². The molecule has 2 aromatic carbocycles. The lowest BCUT2D eigenvalue weighted by atomic mass is 10.1. The number of hydrogen-bond acceptors (Lipinski definition) is 7. The van der Waals surface area contributed by atoms with E-state index < -0.39 is 32.2 Å². The minimum Gasteiger partial charge on any atom is -0.490 e. The molecule has 2 heterocycles. The average Bonchev–Trinajstić information content (AvgIpc) is 2.89. The minimum atomic E-state index is -4.54. The molecule has 1 amide bonds. The first-order valence-corrected chi connectivity index (χ1v) is 14.3. The molecule has 0 unspecified atom stereocenters. The van der Waals surface area contributed by atoms with E-state index in [1.165, 1.54) is 36.5 Å². The van der Waals surface area contributed by atoms with Gasteiger partial charge in [0.1, 0.15) is 11.3 Å². The van der Waals surface area contributed by atoms with Crippen molar-refractivity contribution >= 4 is 15.9 Å². The molecule has 9 nitrogen and oxygen atoms in total.